The Morgan fingerprint density at radius 3 is 2.67 bits per heavy atom. The van der Waals surface area contributed by atoms with Gasteiger partial charge in [0.15, 0.2) is 0 Å². The summed E-state index contributed by atoms with van der Waals surface area (Å²) < 4.78 is 3.99. The lowest BCUT2D eigenvalue weighted by Gasteiger charge is -2.32. The number of aromatic nitrogens is 6. The maximum Gasteiger partial charge on any atom is 0.224 e. The van der Waals surface area contributed by atoms with Crippen molar-refractivity contribution >= 4 is 5.91 Å². The predicted molar refractivity (Wildman–Crippen MR) is 98.7 cm³/mol. The molecule has 2 aliphatic heterocycles. The van der Waals surface area contributed by atoms with Crippen LogP contribution in [-0.2, 0) is 24.9 Å². The molecule has 1 atom stereocenters. The van der Waals surface area contributed by atoms with Crippen molar-refractivity contribution in [3.63, 3.8) is 0 Å². The van der Waals surface area contributed by atoms with E-state index < -0.39 is 0 Å². The van der Waals surface area contributed by atoms with Crippen LogP contribution in [-0.4, -0.2) is 71.4 Å². The monoisotopic (exact) mass is 372 g/mol. The number of hydrogen-bond donors (Lipinski definition) is 0. The first-order valence-corrected chi connectivity index (χ1v) is 9.91. The first-order valence-electron chi connectivity index (χ1n) is 9.91. The fourth-order valence-corrected chi connectivity index (χ4v) is 4.14. The lowest BCUT2D eigenvalue weighted by Crippen LogP contribution is -2.40. The highest BCUT2D eigenvalue weighted by Gasteiger charge is 2.28. The summed E-state index contributed by atoms with van der Waals surface area (Å²) in [4.78, 5) is 17.0. The third-order valence-corrected chi connectivity index (χ3v) is 5.75. The van der Waals surface area contributed by atoms with E-state index in [0.717, 1.165) is 57.2 Å². The molecule has 1 unspecified atom stereocenters. The van der Waals surface area contributed by atoms with Gasteiger partial charge in [0, 0.05) is 39.0 Å². The topological polar surface area (TPSA) is 85.0 Å². The zero-order chi connectivity index (χ0) is 18.6. The van der Waals surface area contributed by atoms with Crippen molar-refractivity contribution in [2.24, 2.45) is 7.05 Å². The Morgan fingerprint density at radius 2 is 1.89 bits per heavy atom. The molecule has 4 rings (SSSR count). The van der Waals surface area contributed by atoms with E-state index in [9.17, 15) is 4.79 Å². The van der Waals surface area contributed by atoms with Crippen molar-refractivity contribution in [2.75, 3.05) is 26.2 Å². The van der Waals surface area contributed by atoms with Crippen LogP contribution in [0.15, 0.2) is 12.7 Å². The molecule has 2 saturated heterocycles. The predicted octanol–water partition coefficient (Wildman–Crippen LogP) is 0.799. The summed E-state index contributed by atoms with van der Waals surface area (Å²) in [5, 5.41) is 16.5. The number of likely N-dealkylation sites (tertiary alicyclic amines) is 2. The summed E-state index contributed by atoms with van der Waals surface area (Å²) in [7, 11) is 2.06. The van der Waals surface area contributed by atoms with Crippen LogP contribution in [0.4, 0.5) is 0 Å². The molecule has 9 nitrogen and oxygen atoms in total. The minimum atomic E-state index is 0.188. The van der Waals surface area contributed by atoms with Gasteiger partial charge >= 0.3 is 0 Å². The van der Waals surface area contributed by atoms with Gasteiger partial charge < -0.3 is 14.0 Å². The lowest BCUT2D eigenvalue weighted by atomic mass is 9.97. The second-order valence-corrected chi connectivity index (χ2v) is 7.65. The molecular formula is C18H28N8O. The Morgan fingerprint density at radius 1 is 1.11 bits per heavy atom. The van der Waals surface area contributed by atoms with Gasteiger partial charge in [-0.1, -0.05) is 0 Å². The van der Waals surface area contributed by atoms with E-state index in [4.69, 9.17) is 0 Å². The van der Waals surface area contributed by atoms with Gasteiger partial charge in [-0.25, -0.2) is 0 Å². The Hall–Kier alpha value is -2.29. The molecule has 2 aromatic heterocycles. The van der Waals surface area contributed by atoms with Gasteiger partial charge in [-0.3, -0.25) is 9.69 Å². The first-order chi connectivity index (χ1) is 13.2. The maximum absolute atomic E-state index is 12.6. The molecule has 0 aliphatic carbocycles. The van der Waals surface area contributed by atoms with Gasteiger partial charge in [0.1, 0.15) is 24.3 Å². The quantitative estimate of drug-likeness (QED) is 0.746. The summed E-state index contributed by atoms with van der Waals surface area (Å²) in [6.07, 6.45) is 8.40. The van der Waals surface area contributed by atoms with Crippen LogP contribution in [0.3, 0.4) is 0 Å². The molecule has 0 aromatic carbocycles. The average Bonchev–Trinajstić information content (AvgIpc) is 3.44. The van der Waals surface area contributed by atoms with Crippen molar-refractivity contribution in [2.45, 2.75) is 51.1 Å². The Kier molecular flexibility index (Phi) is 5.47. The number of rotatable bonds is 6. The van der Waals surface area contributed by atoms with Crippen molar-refractivity contribution in [3.05, 3.63) is 24.3 Å². The van der Waals surface area contributed by atoms with E-state index in [1.165, 1.54) is 12.8 Å². The number of nitrogens with zero attached hydrogens (tertiary/aromatic N) is 8. The molecule has 0 bridgehead atoms. The van der Waals surface area contributed by atoms with Gasteiger partial charge in [-0.2, -0.15) is 0 Å². The third-order valence-electron chi connectivity index (χ3n) is 5.75. The van der Waals surface area contributed by atoms with Crippen LogP contribution >= 0.6 is 0 Å². The minimum Gasteiger partial charge on any atom is -0.342 e. The molecular weight excluding hydrogens is 344 g/mol. The Labute approximate surface area is 159 Å². The van der Waals surface area contributed by atoms with Crippen molar-refractivity contribution in [3.8, 4) is 0 Å². The minimum absolute atomic E-state index is 0.188. The molecule has 9 heteroatoms. The number of amides is 1. The summed E-state index contributed by atoms with van der Waals surface area (Å²) in [6.45, 7) is 5.36. The lowest BCUT2D eigenvalue weighted by molar-refractivity contribution is -0.132. The van der Waals surface area contributed by atoms with Gasteiger partial charge in [-0.05, 0) is 38.8 Å². The van der Waals surface area contributed by atoms with E-state index in [0.29, 0.717) is 13.0 Å². The highest BCUT2D eigenvalue weighted by atomic mass is 16.2. The average molecular weight is 372 g/mol. The second kappa shape index (κ2) is 8.16. The molecule has 0 saturated carbocycles. The molecule has 27 heavy (non-hydrogen) atoms. The van der Waals surface area contributed by atoms with Gasteiger partial charge in [0.2, 0.25) is 5.91 Å². The van der Waals surface area contributed by atoms with E-state index in [1.54, 1.807) is 12.7 Å². The summed E-state index contributed by atoms with van der Waals surface area (Å²) in [5.41, 5.74) is 0. The van der Waals surface area contributed by atoms with Crippen LogP contribution in [0, 0.1) is 0 Å². The zero-order valence-corrected chi connectivity index (χ0v) is 16.0. The summed E-state index contributed by atoms with van der Waals surface area (Å²) >= 11 is 0. The number of hydrogen-bond acceptors (Lipinski definition) is 6. The first kappa shape index (κ1) is 18.1. The number of aryl methyl sites for hydroxylation is 1. The smallest absolute Gasteiger partial charge is 0.224 e. The van der Waals surface area contributed by atoms with Crippen LogP contribution in [0.25, 0.3) is 0 Å². The van der Waals surface area contributed by atoms with Gasteiger partial charge in [0.05, 0.1) is 6.54 Å². The van der Waals surface area contributed by atoms with E-state index in [-0.39, 0.29) is 11.8 Å². The van der Waals surface area contributed by atoms with E-state index in [1.807, 2.05) is 9.47 Å². The number of carbonyl (C=O) groups excluding carboxylic acids is 1. The van der Waals surface area contributed by atoms with Gasteiger partial charge in [0.25, 0.3) is 0 Å². The normalized spacial score (nSPS) is 21.1. The SMILES string of the molecule is Cn1c(CN2CCCC2)nnc1C1CCCN(C(=O)CCn2cnnc2)C1. The molecule has 2 aliphatic rings. The van der Waals surface area contributed by atoms with Crippen molar-refractivity contribution in [1.82, 2.24) is 39.3 Å². The molecule has 1 amide bonds. The summed E-state index contributed by atoms with van der Waals surface area (Å²) in [5.74, 6) is 2.50. The fourth-order valence-electron chi connectivity index (χ4n) is 4.14. The fraction of sp³-hybridized carbons (Fsp3) is 0.722. The van der Waals surface area contributed by atoms with Crippen molar-refractivity contribution in [1.29, 1.82) is 0 Å². The van der Waals surface area contributed by atoms with Crippen LogP contribution in [0.2, 0.25) is 0 Å². The molecule has 146 valence electrons. The maximum atomic E-state index is 12.6. The highest BCUT2D eigenvalue weighted by Crippen LogP contribution is 2.26. The van der Waals surface area contributed by atoms with Crippen LogP contribution in [0.1, 0.15) is 49.7 Å². The second-order valence-electron chi connectivity index (χ2n) is 7.65. The standard InChI is InChI=1S/C18H28N8O/c1-23-16(12-24-7-2-3-8-24)21-22-18(23)15-5-4-9-26(11-15)17(27)6-10-25-13-19-20-14-25/h13-15H,2-12H2,1H3. The molecule has 0 N–H and O–H groups in total. The van der Waals surface area contributed by atoms with E-state index >= 15 is 0 Å². The third kappa shape index (κ3) is 4.18. The van der Waals surface area contributed by atoms with Crippen LogP contribution in [0.5, 0.6) is 0 Å². The highest BCUT2D eigenvalue weighted by molar-refractivity contribution is 5.76. The summed E-state index contributed by atoms with van der Waals surface area (Å²) in [6, 6.07) is 0. The van der Waals surface area contributed by atoms with Gasteiger partial charge in [-0.15, -0.1) is 20.4 Å². The molecule has 2 aromatic rings. The largest absolute Gasteiger partial charge is 0.342 e. The molecule has 2 fully saturated rings. The molecule has 0 radical (unpaired) electrons. The number of carbonyl (C=O) groups is 1. The Balaban J connectivity index is 1.36. The van der Waals surface area contributed by atoms with Crippen molar-refractivity contribution < 1.29 is 4.79 Å². The van der Waals surface area contributed by atoms with Crippen LogP contribution < -0.4 is 0 Å². The molecule has 0 spiro atoms. The zero-order valence-electron chi connectivity index (χ0n) is 16.0. The van der Waals surface area contributed by atoms with E-state index in [2.05, 4.69) is 36.9 Å². The number of piperidine rings is 1. The Bertz CT molecular complexity index is 750. The molecule has 4 heterocycles.